The van der Waals surface area contributed by atoms with Crippen molar-refractivity contribution in [1.29, 1.82) is 5.26 Å². The average molecular weight is 501 g/mol. The van der Waals surface area contributed by atoms with Crippen molar-refractivity contribution < 1.29 is 9.53 Å². The normalized spacial score (nSPS) is 11.1. The lowest BCUT2D eigenvalue weighted by atomic mass is 10.1. The highest BCUT2D eigenvalue weighted by Gasteiger charge is 2.17. The summed E-state index contributed by atoms with van der Waals surface area (Å²) in [7, 11) is 0. The van der Waals surface area contributed by atoms with Crippen molar-refractivity contribution in [1.82, 2.24) is 14.7 Å². The number of benzene rings is 2. The van der Waals surface area contributed by atoms with Crippen molar-refractivity contribution in [2.45, 2.75) is 6.54 Å². The van der Waals surface area contributed by atoms with Gasteiger partial charge in [0.25, 0.3) is 11.5 Å². The summed E-state index contributed by atoms with van der Waals surface area (Å²) in [5.74, 6) is -0.155. The Bertz CT molecular complexity index is 1440. The van der Waals surface area contributed by atoms with Gasteiger partial charge in [0, 0.05) is 17.2 Å². The molecule has 2 aromatic carbocycles. The van der Waals surface area contributed by atoms with E-state index in [1.807, 2.05) is 36.4 Å². The highest BCUT2D eigenvalue weighted by molar-refractivity contribution is 9.10. The molecule has 0 saturated carbocycles. The lowest BCUT2D eigenvalue weighted by Crippen LogP contribution is -2.25. The highest BCUT2D eigenvalue weighted by Crippen LogP contribution is 2.25. The summed E-state index contributed by atoms with van der Waals surface area (Å²) >= 11 is 3.36. The van der Waals surface area contributed by atoms with Crippen LogP contribution in [0.2, 0.25) is 0 Å². The smallest absolute Gasteiger partial charge is 0.269 e. The fraction of sp³-hybridized carbons (Fsp3) is 0.0400. The topological polar surface area (TPSA) is 96.5 Å². The Morgan fingerprint density at radius 3 is 2.55 bits per heavy atom. The second-order valence-electron chi connectivity index (χ2n) is 6.96. The summed E-state index contributed by atoms with van der Waals surface area (Å²) < 4.78 is 8.07. The van der Waals surface area contributed by atoms with Crippen molar-refractivity contribution >= 4 is 33.6 Å². The van der Waals surface area contributed by atoms with Crippen molar-refractivity contribution in [3.63, 3.8) is 0 Å². The van der Waals surface area contributed by atoms with Gasteiger partial charge in [0.05, 0.1) is 0 Å². The number of fused-ring (bicyclic) bond motifs is 1. The minimum atomic E-state index is -0.603. The first-order valence-electron chi connectivity index (χ1n) is 9.94. The molecule has 2 heterocycles. The zero-order valence-corrected chi connectivity index (χ0v) is 18.8. The van der Waals surface area contributed by atoms with Gasteiger partial charge in [0.15, 0.2) is 0 Å². The molecule has 0 atom stereocenters. The number of ether oxygens (including phenoxy) is 1. The fourth-order valence-corrected chi connectivity index (χ4v) is 3.33. The molecule has 0 aliphatic heterocycles. The molecule has 1 amide bonds. The molecule has 4 aromatic rings. The lowest BCUT2D eigenvalue weighted by Gasteiger charge is -2.10. The van der Waals surface area contributed by atoms with Crippen LogP contribution in [-0.2, 0) is 11.3 Å². The standard InChI is InChI=1S/C25H17BrN4O3/c26-19-9-11-20(12-10-19)33-24-21(25(32)30-13-5-4-8-22(30)29-24)14-18(15-27)23(31)28-16-17-6-2-1-3-7-17/h1-14H,16H2,(H,28,31). The van der Waals surface area contributed by atoms with Crippen LogP contribution in [0.5, 0.6) is 11.6 Å². The van der Waals surface area contributed by atoms with Crippen LogP contribution in [0.15, 0.2) is 93.8 Å². The average Bonchev–Trinajstić information content (AvgIpc) is 2.84. The maximum Gasteiger partial charge on any atom is 0.269 e. The zero-order chi connectivity index (χ0) is 23.2. The second kappa shape index (κ2) is 9.94. The molecule has 0 bridgehead atoms. The Labute approximate surface area is 197 Å². The largest absolute Gasteiger partial charge is 0.438 e. The number of hydrogen-bond donors (Lipinski definition) is 1. The summed E-state index contributed by atoms with van der Waals surface area (Å²) in [4.78, 5) is 30.3. The van der Waals surface area contributed by atoms with Gasteiger partial charge >= 0.3 is 0 Å². The van der Waals surface area contributed by atoms with Gasteiger partial charge in [-0.15, -0.1) is 0 Å². The van der Waals surface area contributed by atoms with E-state index in [1.54, 1.807) is 48.7 Å². The van der Waals surface area contributed by atoms with Gasteiger partial charge < -0.3 is 10.1 Å². The Morgan fingerprint density at radius 1 is 1.09 bits per heavy atom. The first-order valence-corrected chi connectivity index (χ1v) is 10.7. The quantitative estimate of drug-likeness (QED) is 0.311. The van der Waals surface area contributed by atoms with Gasteiger partial charge in [-0.1, -0.05) is 52.3 Å². The van der Waals surface area contributed by atoms with Crippen molar-refractivity contribution in [3.8, 4) is 17.7 Å². The Balaban J connectivity index is 1.73. The molecule has 0 aliphatic rings. The van der Waals surface area contributed by atoms with E-state index in [-0.39, 0.29) is 23.6 Å². The molecule has 33 heavy (non-hydrogen) atoms. The van der Waals surface area contributed by atoms with Crippen LogP contribution in [-0.4, -0.2) is 15.3 Å². The summed E-state index contributed by atoms with van der Waals surface area (Å²) in [6.45, 7) is 0.246. The number of nitrogens with zero attached hydrogens (tertiary/aromatic N) is 3. The maximum absolute atomic E-state index is 13.2. The Hall–Kier alpha value is -4.22. The summed E-state index contributed by atoms with van der Waals surface area (Å²) in [6.07, 6.45) is 2.77. The number of amides is 1. The molecular weight excluding hydrogens is 484 g/mol. The molecule has 4 rings (SSSR count). The summed E-state index contributed by atoms with van der Waals surface area (Å²) in [6, 6.07) is 23.3. The Kier molecular flexibility index (Phi) is 6.62. The number of nitrogens with one attached hydrogen (secondary N) is 1. The van der Waals surface area contributed by atoms with Crippen LogP contribution in [0.3, 0.4) is 0 Å². The van der Waals surface area contributed by atoms with E-state index in [9.17, 15) is 14.9 Å². The van der Waals surface area contributed by atoms with E-state index in [0.29, 0.717) is 11.4 Å². The van der Waals surface area contributed by atoms with Crippen molar-refractivity contribution in [3.05, 3.63) is 111 Å². The van der Waals surface area contributed by atoms with Crippen LogP contribution >= 0.6 is 15.9 Å². The number of halogens is 1. The number of rotatable bonds is 6. The lowest BCUT2D eigenvalue weighted by molar-refractivity contribution is -0.117. The third-order valence-corrected chi connectivity index (χ3v) is 5.24. The zero-order valence-electron chi connectivity index (χ0n) is 17.2. The van der Waals surface area contributed by atoms with Gasteiger partial charge in [-0.25, -0.2) is 0 Å². The van der Waals surface area contributed by atoms with Crippen LogP contribution in [0.4, 0.5) is 0 Å². The molecule has 0 unspecified atom stereocenters. The van der Waals surface area contributed by atoms with Crippen LogP contribution in [0.25, 0.3) is 11.7 Å². The first-order chi connectivity index (χ1) is 16.0. The van der Waals surface area contributed by atoms with Crippen molar-refractivity contribution in [2.24, 2.45) is 0 Å². The minimum Gasteiger partial charge on any atom is -0.438 e. The SMILES string of the molecule is N#CC(=Cc1c(Oc2ccc(Br)cc2)nc2ccccn2c1=O)C(=O)NCc1ccccc1. The van der Waals surface area contributed by atoms with Gasteiger partial charge in [0.2, 0.25) is 5.88 Å². The molecule has 0 spiro atoms. The van der Waals surface area contributed by atoms with Gasteiger partial charge in [-0.3, -0.25) is 14.0 Å². The molecule has 0 radical (unpaired) electrons. The van der Waals surface area contributed by atoms with E-state index in [0.717, 1.165) is 10.0 Å². The predicted molar refractivity (Wildman–Crippen MR) is 128 cm³/mol. The highest BCUT2D eigenvalue weighted by atomic mass is 79.9. The van der Waals surface area contributed by atoms with Crippen LogP contribution < -0.4 is 15.6 Å². The number of pyridine rings is 1. The monoisotopic (exact) mass is 500 g/mol. The third kappa shape index (κ3) is 5.17. The summed E-state index contributed by atoms with van der Waals surface area (Å²) in [5.41, 5.74) is 0.555. The first kappa shape index (κ1) is 22.0. The molecule has 8 heteroatoms. The van der Waals surface area contributed by atoms with E-state index in [2.05, 4.69) is 26.2 Å². The van der Waals surface area contributed by atoms with Crippen LogP contribution in [0, 0.1) is 11.3 Å². The molecule has 0 fully saturated rings. The van der Waals surface area contributed by atoms with E-state index in [4.69, 9.17) is 4.74 Å². The van der Waals surface area contributed by atoms with E-state index in [1.165, 1.54) is 10.5 Å². The third-order valence-electron chi connectivity index (χ3n) is 4.71. The molecule has 0 saturated heterocycles. The van der Waals surface area contributed by atoms with Crippen molar-refractivity contribution in [2.75, 3.05) is 0 Å². The number of carbonyl (C=O) groups is 1. The number of carbonyl (C=O) groups excluding carboxylic acids is 1. The van der Waals surface area contributed by atoms with Gasteiger partial charge in [-0.05, 0) is 48.0 Å². The van der Waals surface area contributed by atoms with E-state index >= 15 is 0 Å². The molecule has 0 aliphatic carbocycles. The number of aromatic nitrogens is 2. The molecule has 2 aromatic heterocycles. The fourth-order valence-electron chi connectivity index (χ4n) is 3.06. The van der Waals surface area contributed by atoms with Crippen LogP contribution in [0.1, 0.15) is 11.1 Å². The summed E-state index contributed by atoms with van der Waals surface area (Å²) in [5, 5.41) is 12.3. The molecule has 1 N–H and O–H groups in total. The van der Waals surface area contributed by atoms with Gasteiger partial charge in [0.1, 0.15) is 28.6 Å². The predicted octanol–water partition coefficient (Wildman–Crippen LogP) is 4.47. The second-order valence-corrected chi connectivity index (χ2v) is 7.87. The Morgan fingerprint density at radius 2 is 1.82 bits per heavy atom. The number of hydrogen-bond acceptors (Lipinski definition) is 5. The maximum atomic E-state index is 13.2. The minimum absolute atomic E-state index is 0.00266. The number of nitriles is 1. The molecule has 7 nitrogen and oxygen atoms in total. The van der Waals surface area contributed by atoms with Gasteiger partial charge in [-0.2, -0.15) is 10.2 Å². The molecule has 162 valence electrons. The molecular formula is C25H17BrN4O3. The van der Waals surface area contributed by atoms with E-state index < -0.39 is 11.5 Å².